The quantitative estimate of drug-likeness (QED) is 0.0570. The molecule has 0 unspecified atom stereocenters. The van der Waals surface area contributed by atoms with E-state index in [0.717, 1.165) is 0 Å². The van der Waals surface area contributed by atoms with E-state index in [1.165, 1.54) is 109 Å². The SMILES string of the molecule is O=C(O[C@@H]1[C@@H](OC(=O)c2ccccc2)[C@@H]2OC[C@H]3O[C@@H](OC[C@H]4O[C@@H](OC[C@@H](O2)[C@H]1OC(=O)c1ccccc1)[C@H](OC(=O)c1ccccc1)[C@@H](OC(=O)c1ccccc1)[C@@H]4OC(=O)c1ccccc1)[C@H](OC(=O)c1ccccc1)[C@@H](OC(=O)c1ccccc1)[C@@H]3OC(=O)c1ccccc1)c1ccccc1. The second kappa shape index (κ2) is 33.8. The largest absolute Gasteiger partial charge is 0.452 e. The molecule has 0 N–H and O–H groups in total. The zero-order valence-corrected chi connectivity index (χ0v) is 55.6. The number of benzene rings is 9. The van der Waals surface area contributed by atoms with Crippen molar-refractivity contribution in [3.05, 3.63) is 323 Å². The summed E-state index contributed by atoms with van der Waals surface area (Å²) in [6.07, 6.45) is -29.1. The van der Waals surface area contributed by atoms with E-state index >= 15 is 0 Å². The molecule has 24 heteroatoms. The smallest absolute Gasteiger partial charge is 0.338 e. The van der Waals surface area contributed by atoms with Gasteiger partial charge >= 0.3 is 53.7 Å². The molecule has 4 aliphatic rings. The average Bonchev–Trinajstić information content (AvgIpc) is 1.44. The number of carbonyl (C=O) groups is 9. The van der Waals surface area contributed by atoms with Gasteiger partial charge in [-0.25, -0.2) is 43.2 Å². The third-order valence-electron chi connectivity index (χ3n) is 17.3. The van der Waals surface area contributed by atoms with Crippen molar-refractivity contribution in [2.45, 2.75) is 92.1 Å². The summed E-state index contributed by atoms with van der Waals surface area (Å²) in [6.45, 7) is -2.61. The molecular formula is C81H66O24. The minimum absolute atomic E-state index is 0.0132. The first-order valence-corrected chi connectivity index (χ1v) is 33.5. The van der Waals surface area contributed by atoms with E-state index < -0.39 is 166 Å². The van der Waals surface area contributed by atoms with Gasteiger partial charge in [0, 0.05) is 0 Å². The van der Waals surface area contributed by atoms with E-state index in [0.29, 0.717) is 0 Å². The summed E-state index contributed by atoms with van der Waals surface area (Å²) in [5, 5.41) is 0. The lowest BCUT2D eigenvalue weighted by atomic mass is 9.96. The van der Waals surface area contributed by atoms with Crippen LogP contribution in [0, 0.1) is 0 Å². The Morgan fingerprint density at radius 3 is 0.476 bits per heavy atom. The van der Waals surface area contributed by atoms with Crippen LogP contribution in [0.5, 0.6) is 0 Å². The maximum Gasteiger partial charge on any atom is 0.338 e. The van der Waals surface area contributed by atoms with Gasteiger partial charge in [-0.1, -0.05) is 164 Å². The molecule has 0 radical (unpaired) electrons. The van der Waals surface area contributed by atoms with E-state index in [4.69, 9.17) is 71.1 Å². The Balaban J connectivity index is 1.01. The minimum Gasteiger partial charge on any atom is -0.452 e. The number of hydrogen-bond acceptors (Lipinski definition) is 24. The molecule has 0 aliphatic carbocycles. The highest BCUT2D eigenvalue weighted by Crippen LogP contribution is 2.39. The van der Waals surface area contributed by atoms with E-state index in [1.807, 2.05) is 0 Å². The molecule has 15 atom stereocenters. The summed E-state index contributed by atoms with van der Waals surface area (Å²) in [7, 11) is 0. The van der Waals surface area contributed by atoms with Crippen molar-refractivity contribution in [1.82, 2.24) is 0 Å². The molecule has 24 nitrogen and oxygen atoms in total. The molecule has 0 amide bonds. The van der Waals surface area contributed by atoms with Gasteiger partial charge in [0.25, 0.3) is 0 Å². The Bertz CT molecular complexity index is 3800. The third-order valence-corrected chi connectivity index (χ3v) is 17.3. The summed E-state index contributed by atoms with van der Waals surface area (Å²) in [5.41, 5.74) is -0.193. The molecule has 9 aromatic carbocycles. The van der Waals surface area contributed by atoms with Gasteiger partial charge in [0.1, 0.15) is 18.3 Å². The van der Waals surface area contributed by atoms with Crippen LogP contribution in [0.2, 0.25) is 0 Å². The van der Waals surface area contributed by atoms with Crippen molar-refractivity contribution >= 4 is 53.7 Å². The first-order valence-electron chi connectivity index (χ1n) is 33.5. The van der Waals surface area contributed by atoms with E-state index in [9.17, 15) is 43.2 Å². The maximum absolute atomic E-state index is 14.9. The highest BCUT2D eigenvalue weighted by atomic mass is 16.8. The molecule has 4 aliphatic heterocycles. The zero-order chi connectivity index (χ0) is 72.6. The second-order valence-electron chi connectivity index (χ2n) is 24.3. The van der Waals surface area contributed by atoms with Crippen molar-refractivity contribution in [2.24, 2.45) is 0 Å². The molecular weight excluding hydrogens is 1360 g/mol. The molecule has 4 saturated heterocycles. The van der Waals surface area contributed by atoms with Gasteiger partial charge in [-0.15, -0.1) is 0 Å². The van der Waals surface area contributed by atoms with Crippen LogP contribution in [0.15, 0.2) is 273 Å². The van der Waals surface area contributed by atoms with Crippen LogP contribution in [0.1, 0.15) is 93.2 Å². The topological polar surface area (TPSA) is 292 Å². The van der Waals surface area contributed by atoms with Gasteiger partial charge in [-0.3, -0.25) is 0 Å². The van der Waals surface area contributed by atoms with Crippen molar-refractivity contribution in [1.29, 1.82) is 0 Å². The molecule has 0 aromatic heterocycles. The van der Waals surface area contributed by atoms with Gasteiger partial charge in [-0.05, 0) is 109 Å². The van der Waals surface area contributed by atoms with Crippen LogP contribution in [-0.2, 0) is 71.1 Å². The zero-order valence-electron chi connectivity index (χ0n) is 55.6. The molecule has 6 bridgehead atoms. The monoisotopic (exact) mass is 1420 g/mol. The van der Waals surface area contributed by atoms with Gasteiger partial charge < -0.3 is 71.1 Å². The second-order valence-corrected chi connectivity index (χ2v) is 24.3. The van der Waals surface area contributed by atoms with Crippen molar-refractivity contribution in [3.8, 4) is 0 Å². The molecule has 534 valence electrons. The number of hydrogen-bond donors (Lipinski definition) is 0. The van der Waals surface area contributed by atoms with Crippen LogP contribution < -0.4 is 0 Å². The highest BCUT2D eigenvalue weighted by Gasteiger charge is 2.60. The molecule has 4 fully saturated rings. The van der Waals surface area contributed by atoms with Crippen LogP contribution in [-0.4, -0.2) is 166 Å². The van der Waals surface area contributed by atoms with Gasteiger partial charge in [0.05, 0.1) is 69.9 Å². The third kappa shape index (κ3) is 17.4. The number of carbonyl (C=O) groups excluding carboxylic acids is 9. The molecule has 9 aromatic rings. The Morgan fingerprint density at radius 1 is 0.190 bits per heavy atom. The fraction of sp³-hybridized carbons (Fsp3) is 0.222. The Morgan fingerprint density at radius 2 is 0.324 bits per heavy atom. The number of esters is 9. The molecule has 0 saturated carbocycles. The van der Waals surface area contributed by atoms with Crippen LogP contribution in [0.3, 0.4) is 0 Å². The number of fused-ring (bicyclic) bond motifs is 6. The normalized spacial score (nSPS) is 24.9. The fourth-order valence-corrected chi connectivity index (χ4v) is 12.1. The van der Waals surface area contributed by atoms with Gasteiger partial charge in [-0.2, -0.15) is 0 Å². The van der Waals surface area contributed by atoms with Crippen molar-refractivity contribution in [3.63, 3.8) is 0 Å². The average molecular weight is 1420 g/mol. The fourth-order valence-electron chi connectivity index (χ4n) is 12.1. The summed E-state index contributed by atoms with van der Waals surface area (Å²) >= 11 is 0. The standard InChI is InChI=1S/C81H66O24/c82-70(49-28-10-1-11-29-49)97-61-58-46-91-80-68(104-77(89)56-42-24-8-25-43-56)65(101-74(86)53-36-18-5-19-37-53)63(99-72(84)51-32-14-3-15-33-51)60(95-80)48-93-81-69(105-78(90)57-44-26-9-27-45-57)66(102-75(87)54-38-20-6-21-39-54)62(98-71(83)50-30-12-2-13-31-50)59(96-81)47-92-79(94-58)67(103-76(88)55-40-22-7-23-41-55)64(61)100-73(85)52-34-16-4-17-35-52/h1-45,58-69,79-81H,46-48H2/t58-,59-,60-,61-,62-,63-,64+,65+,66+,67-,68-,69-,79-,80-,81-/m1/s1. The van der Waals surface area contributed by atoms with Crippen LogP contribution >= 0.6 is 0 Å². The predicted molar refractivity (Wildman–Crippen MR) is 365 cm³/mol. The van der Waals surface area contributed by atoms with Crippen molar-refractivity contribution < 1.29 is 114 Å². The Labute approximate surface area is 600 Å². The molecule has 0 spiro atoms. The lowest BCUT2D eigenvalue weighted by Gasteiger charge is -2.46. The van der Waals surface area contributed by atoms with Gasteiger partial charge in [0.15, 0.2) is 73.8 Å². The minimum atomic E-state index is -2.03. The van der Waals surface area contributed by atoms with Crippen molar-refractivity contribution in [2.75, 3.05) is 19.8 Å². The van der Waals surface area contributed by atoms with Crippen LogP contribution in [0.4, 0.5) is 0 Å². The molecule has 4 heterocycles. The summed E-state index contributed by atoms with van der Waals surface area (Å²) < 4.78 is 98.9. The predicted octanol–water partition coefficient (Wildman–Crippen LogP) is 10.3. The van der Waals surface area contributed by atoms with E-state index in [2.05, 4.69) is 0 Å². The van der Waals surface area contributed by atoms with Crippen LogP contribution in [0.25, 0.3) is 0 Å². The summed E-state index contributed by atoms with van der Waals surface area (Å²) in [4.78, 5) is 133. The first-order chi connectivity index (χ1) is 51.3. The lowest BCUT2D eigenvalue weighted by Crippen LogP contribution is -2.65. The molecule has 105 heavy (non-hydrogen) atoms. The maximum atomic E-state index is 14.9. The lowest BCUT2D eigenvalue weighted by molar-refractivity contribution is -0.328. The van der Waals surface area contributed by atoms with E-state index in [-0.39, 0.29) is 50.1 Å². The Hall–Kier alpha value is -12.0. The first kappa shape index (κ1) is 71.4. The number of rotatable bonds is 18. The Kier molecular flexibility index (Phi) is 23.0. The van der Waals surface area contributed by atoms with E-state index in [1.54, 1.807) is 164 Å². The number of ether oxygens (including phenoxy) is 15. The summed E-state index contributed by atoms with van der Waals surface area (Å²) in [6, 6.07) is 68.9. The summed E-state index contributed by atoms with van der Waals surface area (Å²) in [5.74, 6) is -9.30. The molecule has 13 rings (SSSR count). The van der Waals surface area contributed by atoms with Gasteiger partial charge in [0.2, 0.25) is 0 Å². The highest BCUT2D eigenvalue weighted by molar-refractivity contribution is 5.94.